The van der Waals surface area contributed by atoms with Gasteiger partial charge in [-0.15, -0.1) is 0 Å². The average molecular weight is 216 g/mol. The molecule has 0 N–H and O–H groups in total. The summed E-state index contributed by atoms with van der Waals surface area (Å²) >= 11 is 0. The van der Waals surface area contributed by atoms with Crippen molar-refractivity contribution in [3.63, 3.8) is 0 Å². The van der Waals surface area contributed by atoms with Gasteiger partial charge in [-0.3, -0.25) is 4.98 Å². The zero-order valence-electron chi connectivity index (χ0n) is 10.2. The molecule has 0 aromatic carbocycles. The third-order valence-corrected chi connectivity index (χ3v) is 3.33. The van der Waals surface area contributed by atoms with Crippen molar-refractivity contribution in [2.75, 3.05) is 6.54 Å². The normalized spacial score (nSPS) is 21.6. The van der Waals surface area contributed by atoms with Crippen LogP contribution in [0.15, 0.2) is 36.7 Å². The lowest BCUT2D eigenvalue weighted by Crippen LogP contribution is -2.37. The lowest BCUT2D eigenvalue weighted by Gasteiger charge is -2.38. The van der Waals surface area contributed by atoms with Gasteiger partial charge in [0.25, 0.3) is 0 Å². The van der Waals surface area contributed by atoms with E-state index in [1.54, 1.807) is 0 Å². The molecule has 1 unspecified atom stereocenters. The zero-order valence-corrected chi connectivity index (χ0v) is 10.2. The molecule has 0 amide bonds. The van der Waals surface area contributed by atoms with Gasteiger partial charge in [0.15, 0.2) is 0 Å². The molecule has 0 spiro atoms. The van der Waals surface area contributed by atoms with Gasteiger partial charge in [-0.25, -0.2) is 0 Å². The van der Waals surface area contributed by atoms with E-state index in [0.717, 1.165) is 13.0 Å². The standard InChI is InChI=1S/C14H20N2/c1-11(2)16-10-13(8-7-12(16)3)14-6-4-5-9-15-14/h4-6,9,11,13H,3,7-8,10H2,1-2H3. The van der Waals surface area contributed by atoms with Crippen molar-refractivity contribution in [2.45, 2.75) is 38.6 Å². The molecule has 86 valence electrons. The number of likely N-dealkylation sites (tertiary alicyclic amines) is 1. The van der Waals surface area contributed by atoms with Gasteiger partial charge in [-0.1, -0.05) is 12.6 Å². The van der Waals surface area contributed by atoms with E-state index in [1.165, 1.54) is 17.8 Å². The Kier molecular flexibility index (Phi) is 3.28. The Hall–Kier alpha value is -1.31. The Labute approximate surface area is 98.0 Å². The van der Waals surface area contributed by atoms with Gasteiger partial charge >= 0.3 is 0 Å². The Morgan fingerprint density at radius 3 is 2.88 bits per heavy atom. The van der Waals surface area contributed by atoms with Crippen molar-refractivity contribution in [3.8, 4) is 0 Å². The molecule has 16 heavy (non-hydrogen) atoms. The van der Waals surface area contributed by atoms with Crippen molar-refractivity contribution in [1.82, 2.24) is 9.88 Å². The minimum absolute atomic E-state index is 0.541. The molecular formula is C14H20N2. The van der Waals surface area contributed by atoms with Gasteiger partial charge in [0.05, 0.1) is 0 Å². The van der Waals surface area contributed by atoms with Gasteiger partial charge in [-0.05, 0) is 38.8 Å². The molecule has 2 heteroatoms. The SMILES string of the molecule is C=C1CCC(c2ccccn2)CN1C(C)C. The van der Waals surface area contributed by atoms with Crippen molar-refractivity contribution >= 4 is 0 Å². The largest absolute Gasteiger partial charge is 0.372 e. The Bertz CT molecular complexity index is 356. The highest BCUT2D eigenvalue weighted by Crippen LogP contribution is 2.31. The van der Waals surface area contributed by atoms with Crippen LogP contribution >= 0.6 is 0 Å². The molecular weight excluding hydrogens is 196 g/mol. The van der Waals surface area contributed by atoms with E-state index in [2.05, 4.69) is 42.4 Å². The van der Waals surface area contributed by atoms with Crippen LogP contribution in [0.5, 0.6) is 0 Å². The van der Waals surface area contributed by atoms with Crippen LogP contribution in [0.3, 0.4) is 0 Å². The van der Waals surface area contributed by atoms with E-state index in [-0.39, 0.29) is 0 Å². The van der Waals surface area contributed by atoms with Crippen LogP contribution < -0.4 is 0 Å². The van der Waals surface area contributed by atoms with Crippen LogP contribution in [0.1, 0.15) is 38.3 Å². The monoisotopic (exact) mass is 216 g/mol. The molecule has 1 aromatic rings. The Balaban J connectivity index is 2.12. The first-order valence-electron chi connectivity index (χ1n) is 6.04. The first-order valence-corrected chi connectivity index (χ1v) is 6.04. The summed E-state index contributed by atoms with van der Waals surface area (Å²) < 4.78 is 0. The smallest absolute Gasteiger partial charge is 0.0452 e. The highest BCUT2D eigenvalue weighted by Gasteiger charge is 2.25. The summed E-state index contributed by atoms with van der Waals surface area (Å²) in [6, 6.07) is 6.73. The molecule has 1 saturated heterocycles. The third kappa shape index (κ3) is 2.26. The number of piperidine rings is 1. The predicted octanol–water partition coefficient (Wildman–Crippen LogP) is 3.18. The predicted molar refractivity (Wildman–Crippen MR) is 67.2 cm³/mol. The summed E-state index contributed by atoms with van der Waals surface area (Å²) in [4.78, 5) is 6.87. The van der Waals surface area contributed by atoms with Crippen LogP contribution in [0.2, 0.25) is 0 Å². The Morgan fingerprint density at radius 2 is 2.25 bits per heavy atom. The molecule has 0 radical (unpaired) electrons. The Morgan fingerprint density at radius 1 is 1.44 bits per heavy atom. The van der Waals surface area contributed by atoms with Crippen LogP contribution in [0, 0.1) is 0 Å². The van der Waals surface area contributed by atoms with Crippen molar-refractivity contribution in [1.29, 1.82) is 0 Å². The molecule has 2 nitrogen and oxygen atoms in total. The second kappa shape index (κ2) is 4.69. The number of hydrogen-bond acceptors (Lipinski definition) is 2. The van der Waals surface area contributed by atoms with Crippen LogP contribution in [-0.2, 0) is 0 Å². The first-order chi connectivity index (χ1) is 7.68. The number of pyridine rings is 1. The zero-order chi connectivity index (χ0) is 11.5. The van der Waals surface area contributed by atoms with E-state index in [4.69, 9.17) is 0 Å². The molecule has 1 aliphatic heterocycles. The molecule has 0 aliphatic carbocycles. The number of nitrogens with zero attached hydrogens (tertiary/aromatic N) is 2. The summed E-state index contributed by atoms with van der Waals surface area (Å²) in [7, 11) is 0. The average Bonchev–Trinajstić information content (AvgIpc) is 2.30. The molecule has 1 aromatic heterocycles. The van der Waals surface area contributed by atoms with E-state index < -0.39 is 0 Å². The molecule has 2 heterocycles. The molecule has 0 saturated carbocycles. The summed E-state index contributed by atoms with van der Waals surface area (Å²) in [5.41, 5.74) is 2.50. The quantitative estimate of drug-likeness (QED) is 0.754. The van der Waals surface area contributed by atoms with Gasteiger partial charge in [0, 0.05) is 36.1 Å². The van der Waals surface area contributed by atoms with Crippen LogP contribution in [0.25, 0.3) is 0 Å². The van der Waals surface area contributed by atoms with Crippen molar-refractivity contribution in [3.05, 3.63) is 42.4 Å². The van der Waals surface area contributed by atoms with E-state index >= 15 is 0 Å². The topological polar surface area (TPSA) is 16.1 Å². The summed E-state index contributed by atoms with van der Waals surface area (Å²) in [6.45, 7) is 9.67. The molecule has 1 aliphatic rings. The van der Waals surface area contributed by atoms with Crippen molar-refractivity contribution < 1.29 is 0 Å². The van der Waals surface area contributed by atoms with Crippen LogP contribution in [0.4, 0.5) is 0 Å². The number of aromatic nitrogens is 1. The van der Waals surface area contributed by atoms with E-state index in [9.17, 15) is 0 Å². The summed E-state index contributed by atoms with van der Waals surface area (Å²) in [6.07, 6.45) is 4.16. The third-order valence-electron chi connectivity index (χ3n) is 3.33. The van der Waals surface area contributed by atoms with Gasteiger partial charge < -0.3 is 4.90 Å². The van der Waals surface area contributed by atoms with E-state index in [1.807, 2.05) is 12.3 Å². The maximum Gasteiger partial charge on any atom is 0.0452 e. The fraction of sp³-hybridized carbons (Fsp3) is 0.500. The lowest BCUT2D eigenvalue weighted by molar-refractivity contribution is 0.221. The summed E-state index contributed by atoms with van der Waals surface area (Å²) in [5, 5.41) is 0. The molecule has 1 atom stereocenters. The molecule has 1 fully saturated rings. The molecule has 0 bridgehead atoms. The first kappa shape index (κ1) is 11.2. The van der Waals surface area contributed by atoms with Gasteiger partial charge in [0.2, 0.25) is 0 Å². The summed E-state index contributed by atoms with van der Waals surface area (Å²) in [5.74, 6) is 0.564. The minimum Gasteiger partial charge on any atom is -0.372 e. The molecule has 2 rings (SSSR count). The maximum absolute atomic E-state index is 4.46. The highest BCUT2D eigenvalue weighted by atomic mass is 15.2. The van der Waals surface area contributed by atoms with Gasteiger partial charge in [0.1, 0.15) is 0 Å². The fourth-order valence-electron chi connectivity index (χ4n) is 2.38. The minimum atomic E-state index is 0.541. The number of hydrogen-bond donors (Lipinski definition) is 0. The lowest BCUT2D eigenvalue weighted by atomic mass is 9.92. The number of allylic oxidation sites excluding steroid dienone is 1. The fourth-order valence-corrected chi connectivity index (χ4v) is 2.38. The second-order valence-electron chi connectivity index (χ2n) is 4.80. The van der Waals surface area contributed by atoms with Crippen molar-refractivity contribution in [2.24, 2.45) is 0 Å². The second-order valence-corrected chi connectivity index (χ2v) is 4.80. The van der Waals surface area contributed by atoms with Gasteiger partial charge in [-0.2, -0.15) is 0 Å². The highest BCUT2D eigenvalue weighted by molar-refractivity contribution is 5.14. The van der Waals surface area contributed by atoms with E-state index in [0.29, 0.717) is 12.0 Å². The number of rotatable bonds is 2. The van der Waals surface area contributed by atoms with Crippen LogP contribution in [-0.4, -0.2) is 22.5 Å². The maximum atomic E-state index is 4.46.